The smallest absolute Gasteiger partial charge is 0.406 e. The molecule has 1 aliphatic heterocycles. The summed E-state index contributed by atoms with van der Waals surface area (Å²) >= 11 is 0. The van der Waals surface area contributed by atoms with Crippen molar-refractivity contribution >= 4 is 34.7 Å². The number of aromatic nitrogens is 4. The molecule has 5 rings (SSSR count). The van der Waals surface area contributed by atoms with E-state index >= 15 is 0 Å². The Hall–Kier alpha value is -3.61. The van der Waals surface area contributed by atoms with E-state index in [1.54, 1.807) is 6.20 Å². The third kappa shape index (κ3) is 5.93. The highest BCUT2D eigenvalue weighted by Crippen LogP contribution is 2.37. The Labute approximate surface area is 217 Å². The van der Waals surface area contributed by atoms with Crippen LogP contribution in [0.5, 0.6) is 5.75 Å². The van der Waals surface area contributed by atoms with Gasteiger partial charge in [0.25, 0.3) is 0 Å². The first-order valence-corrected chi connectivity index (χ1v) is 12.6. The number of hydrogen-bond donors (Lipinski definition) is 3. The second kappa shape index (κ2) is 10.3. The molecule has 204 valence electrons. The van der Waals surface area contributed by atoms with Gasteiger partial charge in [0.1, 0.15) is 11.3 Å². The number of nitrogens with one attached hydrogen (secondary N) is 2. The van der Waals surface area contributed by atoms with Gasteiger partial charge in [-0.05, 0) is 69.7 Å². The summed E-state index contributed by atoms with van der Waals surface area (Å²) in [5, 5.41) is 6.66. The predicted molar refractivity (Wildman–Crippen MR) is 134 cm³/mol. The van der Waals surface area contributed by atoms with E-state index < -0.39 is 6.36 Å². The molecule has 0 bridgehead atoms. The third-order valence-electron chi connectivity index (χ3n) is 7.25. The van der Waals surface area contributed by atoms with Crippen molar-refractivity contribution in [2.45, 2.75) is 63.4 Å². The highest BCUT2D eigenvalue weighted by Gasteiger charge is 2.32. The van der Waals surface area contributed by atoms with E-state index in [0.29, 0.717) is 67.6 Å². The lowest BCUT2D eigenvalue weighted by atomic mass is 9.85. The quantitative estimate of drug-likeness (QED) is 0.400. The lowest BCUT2D eigenvalue weighted by Crippen LogP contribution is -2.41. The van der Waals surface area contributed by atoms with Crippen molar-refractivity contribution in [1.29, 1.82) is 0 Å². The summed E-state index contributed by atoms with van der Waals surface area (Å²) in [6, 6.07) is 5.43. The van der Waals surface area contributed by atoms with Crippen molar-refractivity contribution in [2.75, 3.05) is 23.8 Å². The van der Waals surface area contributed by atoms with Crippen LogP contribution < -0.4 is 21.1 Å². The molecule has 0 unspecified atom stereocenters. The first kappa shape index (κ1) is 26.0. The van der Waals surface area contributed by atoms with Crippen LogP contribution in [0.1, 0.15) is 51.5 Å². The van der Waals surface area contributed by atoms with Crippen LogP contribution in [0.2, 0.25) is 0 Å². The minimum atomic E-state index is -4.77. The number of fused-ring (bicyclic) bond motifs is 1. The summed E-state index contributed by atoms with van der Waals surface area (Å²) in [6.45, 7) is 3.44. The van der Waals surface area contributed by atoms with Crippen LogP contribution in [0.4, 0.5) is 30.8 Å². The molecule has 0 radical (unpaired) electrons. The van der Waals surface area contributed by atoms with Gasteiger partial charge in [-0.25, -0.2) is 9.97 Å². The Morgan fingerprint density at radius 2 is 1.82 bits per heavy atom. The predicted octanol–water partition coefficient (Wildman–Crippen LogP) is 4.67. The van der Waals surface area contributed by atoms with Gasteiger partial charge < -0.3 is 25.8 Å². The number of carbonyl (C=O) groups is 1. The zero-order chi connectivity index (χ0) is 26.9. The molecule has 13 heteroatoms. The fraction of sp³-hybridized carbons (Fsp3) is 0.520. The van der Waals surface area contributed by atoms with E-state index in [2.05, 4.69) is 27.3 Å². The lowest BCUT2D eigenvalue weighted by molar-refractivity contribution is -0.274. The number of rotatable bonds is 7. The first-order valence-electron chi connectivity index (χ1n) is 12.6. The van der Waals surface area contributed by atoms with Crippen LogP contribution in [0, 0.1) is 5.92 Å². The van der Waals surface area contributed by atoms with Crippen molar-refractivity contribution in [3.8, 4) is 5.75 Å². The van der Waals surface area contributed by atoms with Crippen LogP contribution in [0.15, 0.2) is 30.5 Å². The topological polar surface area (TPSA) is 129 Å². The number of anilines is 3. The number of halogens is 3. The summed E-state index contributed by atoms with van der Waals surface area (Å²) in [5.41, 5.74) is 7.07. The molecule has 4 N–H and O–H groups in total. The van der Waals surface area contributed by atoms with Gasteiger partial charge in [0.05, 0.1) is 6.20 Å². The van der Waals surface area contributed by atoms with E-state index in [-0.39, 0.29) is 29.2 Å². The third-order valence-corrected chi connectivity index (χ3v) is 7.25. The molecule has 2 fully saturated rings. The van der Waals surface area contributed by atoms with Gasteiger partial charge in [0, 0.05) is 36.4 Å². The summed E-state index contributed by atoms with van der Waals surface area (Å²) in [4.78, 5) is 25.7. The maximum atomic E-state index is 12.5. The number of carbonyl (C=O) groups excluding carboxylic acids is 1. The molecule has 0 atom stereocenters. The van der Waals surface area contributed by atoms with Gasteiger partial charge in [0.2, 0.25) is 17.8 Å². The molecule has 2 aromatic heterocycles. The van der Waals surface area contributed by atoms with Gasteiger partial charge in [-0.15, -0.1) is 13.2 Å². The lowest BCUT2D eigenvalue weighted by Gasteiger charge is -2.34. The standard InChI is InChI=1S/C25H30F3N7O3/c1-24(10-12-37-13-11-24)34-22-30-14-19-21(33-22)35(17-6-2-15(3-7-17)20(29)36)23(32-19)31-16-4-8-18(9-5-16)38-25(26,27)28/h4-5,8-9,14-15,17H,2-3,6-7,10-13H2,1H3,(H2,29,36)(H,31,32)(H,30,33,34). The van der Waals surface area contributed by atoms with Crippen molar-refractivity contribution in [1.82, 2.24) is 19.5 Å². The number of alkyl halides is 3. The number of hydrogen-bond acceptors (Lipinski definition) is 8. The molecule has 0 spiro atoms. The molecule has 1 amide bonds. The van der Waals surface area contributed by atoms with Crippen LogP contribution >= 0.6 is 0 Å². The molecule has 1 aromatic carbocycles. The van der Waals surface area contributed by atoms with E-state index in [1.165, 1.54) is 24.3 Å². The Morgan fingerprint density at radius 3 is 2.45 bits per heavy atom. The average Bonchev–Trinajstić information content (AvgIpc) is 3.21. The van der Waals surface area contributed by atoms with Crippen molar-refractivity contribution < 1.29 is 27.4 Å². The number of benzene rings is 1. The first-order chi connectivity index (χ1) is 18.1. The molecule has 3 aromatic rings. The van der Waals surface area contributed by atoms with Crippen LogP contribution in [0.25, 0.3) is 11.2 Å². The van der Waals surface area contributed by atoms with Crippen molar-refractivity contribution in [3.05, 3.63) is 30.5 Å². The maximum absolute atomic E-state index is 12.5. The molecule has 1 saturated carbocycles. The zero-order valence-corrected chi connectivity index (χ0v) is 20.9. The molecular weight excluding hydrogens is 503 g/mol. The van der Waals surface area contributed by atoms with E-state index in [4.69, 9.17) is 20.4 Å². The van der Waals surface area contributed by atoms with E-state index in [9.17, 15) is 18.0 Å². The molecule has 10 nitrogen and oxygen atoms in total. The number of nitrogens with two attached hydrogens (primary N) is 1. The molecule has 3 heterocycles. The Balaban J connectivity index is 1.46. The zero-order valence-electron chi connectivity index (χ0n) is 20.9. The van der Waals surface area contributed by atoms with Gasteiger partial charge >= 0.3 is 6.36 Å². The Bertz CT molecular complexity index is 1280. The summed E-state index contributed by atoms with van der Waals surface area (Å²) in [5.74, 6) is 0.185. The minimum absolute atomic E-state index is 0.00708. The number of amides is 1. The fourth-order valence-electron chi connectivity index (χ4n) is 5.09. The number of nitrogens with zero attached hydrogens (tertiary/aromatic N) is 4. The average molecular weight is 534 g/mol. The molecule has 1 saturated heterocycles. The van der Waals surface area contributed by atoms with Crippen LogP contribution in [-0.4, -0.2) is 50.5 Å². The van der Waals surface area contributed by atoms with Gasteiger partial charge in [-0.3, -0.25) is 9.36 Å². The van der Waals surface area contributed by atoms with E-state index in [1.807, 2.05) is 4.57 Å². The van der Waals surface area contributed by atoms with E-state index in [0.717, 1.165) is 12.8 Å². The maximum Gasteiger partial charge on any atom is 0.573 e. The highest BCUT2D eigenvalue weighted by atomic mass is 19.4. The minimum Gasteiger partial charge on any atom is -0.406 e. The number of primary amides is 1. The summed E-state index contributed by atoms with van der Waals surface area (Å²) in [6.07, 6.45) is 1.25. The van der Waals surface area contributed by atoms with Gasteiger partial charge in [0.15, 0.2) is 5.65 Å². The monoisotopic (exact) mass is 533 g/mol. The van der Waals surface area contributed by atoms with Crippen molar-refractivity contribution in [2.24, 2.45) is 11.7 Å². The van der Waals surface area contributed by atoms with Gasteiger partial charge in [-0.1, -0.05) is 0 Å². The molecular formula is C25H30F3N7O3. The van der Waals surface area contributed by atoms with Crippen LogP contribution in [0.3, 0.4) is 0 Å². The number of ether oxygens (including phenoxy) is 2. The largest absolute Gasteiger partial charge is 0.573 e. The molecule has 38 heavy (non-hydrogen) atoms. The highest BCUT2D eigenvalue weighted by molar-refractivity contribution is 5.78. The second-order valence-corrected chi connectivity index (χ2v) is 10.1. The normalized spacial score (nSPS) is 21.7. The fourth-order valence-corrected chi connectivity index (χ4v) is 5.09. The van der Waals surface area contributed by atoms with Crippen molar-refractivity contribution in [3.63, 3.8) is 0 Å². The SMILES string of the molecule is CC1(Nc2ncc3nc(Nc4ccc(OC(F)(F)F)cc4)n(C4CCC(C(N)=O)CC4)c3n2)CCOCC1. The van der Waals surface area contributed by atoms with Crippen LogP contribution in [-0.2, 0) is 9.53 Å². The van der Waals surface area contributed by atoms with Gasteiger partial charge in [-0.2, -0.15) is 4.98 Å². The second-order valence-electron chi connectivity index (χ2n) is 10.1. The molecule has 2 aliphatic rings. The summed E-state index contributed by atoms with van der Waals surface area (Å²) < 4.78 is 49.1. The molecule has 1 aliphatic carbocycles. The number of imidazole rings is 1. The summed E-state index contributed by atoms with van der Waals surface area (Å²) in [7, 11) is 0. The Morgan fingerprint density at radius 1 is 1.13 bits per heavy atom. The Kier molecular flexibility index (Phi) is 7.03.